The standard InChI is InChI=1S/C12H21NO/c1-2-12(14)7-5-6-11(12)10-13-8-3-4-9-13/h2,11,14H,1,3-10H2. The second-order valence-electron chi connectivity index (χ2n) is 4.79. The van der Waals surface area contributed by atoms with Crippen LogP contribution in [0.25, 0.3) is 0 Å². The fraction of sp³-hybridized carbons (Fsp3) is 0.833. The van der Waals surface area contributed by atoms with Crippen LogP contribution >= 0.6 is 0 Å². The molecule has 14 heavy (non-hydrogen) atoms. The molecule has 2 rings (SSSR count). The second-order valence-corrected chi connectivity index (χ2v) is 4.79. The van der Waals surface area contributed by atoms with Gasteiger partial charge in [-0.2, -0.15) is 0 Å². The van der Waals surface area contributed by atoms with Gasteiger partial charge in [-0.25, -0.2) is 0 Å². The quantitative estimate of drug-likeness (QED) is 0.694. The highest BCUT2D eigenvalue weighted by Crippen LogP contribution is 2.37. The third-order valence-electron chi connectivity index (χ3n) is 3.87. The molecule has 1 N–H and O–H groups in total. The van der Waals surface area contributed by atoms with Gasteiger partial charge in [0.15, 0.2) is 0 Å². The third kappa shape index (κ3) is 1.86. The Hall–Kier alpha value is -0.340. The van der Waals surface area contributed by atoms with Crippen molar-refractivity contribution in [3.05, 3.63) is 12.7 Å². The molecule has 0 spiro atoms. The average Bonchev–Trinajstić information content (AvgIpc) is 2.79. The van der Waals surface area contributed by atoms with Gasteiger partial charge < -0.3 is 10.0 Å². The van der Waals surface area contributed by atoms with E-state index in [4.69, 9.17) is 0 Å². The highest BCUT2D eigenvalue weighted by atomic mass is 16.3. The molecular weight excluding hydrogens is 174 g/mol. The SMILES string of the molecule is C=CC1(O)CCCC1CN1CCCC1. The van der Waals surface area contributed by atoms with Crippen LogP contribution in [-0.4, -0.2) is 35.2 Å². The lowest BCUT2D eigenvalue weighted by molar-refractivity contribution is 0.0367. The first kappa shape index (κ1) is 10.2. The van der Waals surface area contributed by atoms with Gasteiger partial charge in [-0.15, -0.1) is 6.58 Å². The van der Waals surface area contributed by atoms with E-state index in [9.17, 15) is 5.11 Å². The van der Waals surface area contributed by atoms with Crippen molar-refractivity contribution in [2.45, 2.75) is 37.7 Å². The minimum absolute atomic E-state index is 0.429. The van der Waals surface area contributed by atoms with E-state index in [1.807, 2.05) is 0 Å². The topological polar surface area (TPSA) is 23.5 Å². The highest BCUT2D eigenvalue weighted by molar-refractivity contribution is 5.05. The lowest BCUT2D eigenvalue weighted by Crippen LogP contribution is -2.38. The summed E-state index contributed by atoms with van der Waals surface area (Å²) in [5.74, 6) is 0.429. The summed E-state index contributed by atoms with van der Waals surface area (Å²) in [4.78, 5) is 2.49. The van der Waals surface area contributed by atoms with E-state index in [1.165, 1.54) is 32.4 Å². The van der Waals surface area contributed by atoms with Gasteiger partial charge in [-0.3, -0.25) is 0 Å². The zero-order chi connectivity index (χ0) is 10.0. The minimum atomic E-state index is -0.567. The van der Waals surface area contributed by atoms with Crippen LogP contribution < -0.4 is 0 Å². The van der Waals surface area contributed by atoms with Crippen molar-refractivity contribution in [1.82, 2.24) is 4.90 Å². The van der Waals surface area contributed by atoms with E-state index in [1.54, 1.807) is 6.08 Å². The molecule has 0 aromatic carbocycles. The number of nitrogens with zero attached hydrogens (tertiary/aromatic N) is 1. The summed E-state index contributed by atoms with van der Waals surface area (Å²) >= 11 is 0. The molecule has 1 heterocycles. The Morgan fingerprint density at radius 2 is 2.07 bits per heavy atom. The van der Waals surface area contributed by atoms with Crippen molar-refractivity contribution in [1.29, 1.82) is 0 Å². The molecule has 1 saturated carbocycles. The van der Waals surface area contributed by atoms with Crippen molar-refractivity contribution in [3.63, 3.8) is 0 Å². The van der Waals surface area contributed by atoms with E-state index in [2.05, 4.69) is 11.5 Å². The molecular formula is C12H21NO. The molecule has 2 heteroatoms. The van der Waals surface area contributed by atoms with Gasteiger partial charge >= 0.3 is 0 Å². The van der Waals surface area contributed by atoms with Gasteiger partial charge in [0.25, 0.3) is 0 Å². The molecule has 1 saturated heterocycles. The van der Waals surface area contributed by atoms with Crippen molar-refractivity contribution < 1.29 is 5.11 Å². The van der Waals surface area contributed by atoms with Crippen molar-refractivity contribution in [3.8, 4) is 0 Å². The van der Waals surface area contributed by atoms with Crippen LogP contribution in [0, 0.1) is 5.92 Å². The molecule has 0 aromatic heterocycles. The van der Waals surface area contributed by atoms with Crippen LogP contribution in [0.2, 0.25) is 0 Å². The summed E-state index contributed by atoms with van der Waals surface area (Å²) in [7, 11) is 0. The molecule has 0 aromatic rings. The Balaban J connectivity index is 1.92. The Morgan fingerprint density at radius 3 is 2.71 bits per heavy atom. The van der Waals surface area contributed by atoms with Gasteiger partial charge in [0, 0.05) is 12.5 Å². The van der Waals surface area contributed by atoms with E-state index in [0.29, 0.717) is 5.92 Å². The predicted octanol–water partition coefficient (Wildman–Crippen LogP) is 1.80. The number of hydrogen-bond donors (Lipinski definition) is 1. The zero-order valence-corrected chi connectivity index (χ0v) is 8.91. The number of aliphatic hydroxyl groups is 1. The molecule has 1 aliphatic heterocycles. The van der Waals surface area contributed by atoms with Crippen molar-refractivity contribution >= 4 is 0 Å². The summed E-state index contributed by atoms with van der Waals surface area (Å²) in [6.45, 7) is 7.29. The first-order valence-electron chi connectivity index (χ1n) is 5.83. The van der Waals surface area contributed by atoms with E-state index < -0.39 is 5.60 Å². The lowest BCUT2D eigenvalue weighted by atomic mass is 9.90. The molecule has 0 bridgehead atoms. The second kappa shape index (κ2) is 4.03. The monoisotopic (exact) mass is 195 g/mol. The van der Waals surface area contributed by atoms with E-state index >= 15 is 0 Å². The van der Waals surface area contributed by atoms with Crippen LogP contribution in [0.15, 0.2) is 12.7 Å². The Bertz CT molecular complexity index is 210. The summed E-state index contributed by atoms with van der Waals surface area (Å²) in [5.41, 5.74) is -0.567. The van der Waals surface area contributed by atoms with Crippen molar-refractivity contribution in [2.75, 3.05) is 19.6 Å². The number of hydrogen-bond acceptors (Lipinski definition) is 2. The van der Waals surface area contributed by atoms with Gasteiger partial charge in [0.1, 0.15) is 0 Å². The van der Waals surface area contributed by atoms with Crippen LogP contribution in [0.1, 0.15) is 32.1 Å². The van der Waals surface area contributed by atoms with E-state index in [0.717, 1.165) is 19.4 Å². The fourth-order valence-electron chi connectivity index (χ4n) is 2.88. The van der Waals surface area contributed by atoms with E-state index in [-0.39, 0.29) is 0 Å². The summed E-state index contributed by atoms with van der Waals surface area (Å²) in [6.07, 6.45) is 7.66. The van der Waals surface area contributed by atoms with Gasteiger partial charge in [0.05, 0.1) is 5.60 Å². The first-order chi connectivity index (χ1) is 6.74. The zero-order valence-electron chi connectivity index (χ0n) is 8.91. The number of likely N-dealkylation sites (tertiary alicyclic amines) is 1. The van der Waals surface area contributed by atoms with Gasteiger partial charge in [-0.1, -0.05) is 6.08 Å². The molecule has 2 atom stereocenters. The lowest BCUT2D eigenvalue weighted by Gasteiger charge is -2.30. The van der Waals surface area contributed by atoms with Gasteiger partial charge in [0.2, 0.25) is 0 Å². The fourth-order valence-corrected chi connectivity index (χ4v) is 2.88. The molecule has 2 aliphatic rings. The molecule has 0 radical (unpaired) electrons. The average molecular weight is 195 g/mol. The van der Waals surface area contributed by atoms with Crippen LogP contribution in [-0.2, 0) is 0 Å². The van der Waals surface area contributed by atoms with Gasteiger partial charge in [-0.05, 0) is 45.2 Å². The normalized spacial score (nSPS) is 39.1. The smallest absolute Gasteiger partial charge is 0.0865 e. The summed E-state index contributed by atoms with van der Waals surface area (Å²) in [5, 5.41) is 10.3. The Kier molecular flexibility index (Phi) is 2.93. The van der Waals surface area contributed by atoms with Crippen LogP contribution in [0.4, 0.5) is 0 Å². The molecule has 2 unspecified atom stereocenters. The molecule has 80 valence electrons. The first-order valence-corrected chi connectivity index (χ1v) is 5.83. The maximum absolute atomic E-state index is 10.3. The maximum Gasteiger partial charge on any atom is 0.0865 e. The third-order valence-corrected chi connectivity index (χ3v) is 3.87. The van der Waals surface area contributed by atoms with Crippen LogP contribution in [0.5, 0.6) is 0 Å². The number of rotatable bonds is 3. The Labute approximate surface area is 86.6 Å². The van der Waals surface area contributed by atoms with Crippen LogP contribution in [0.3, 0.4) is 0 Å². The molecule has 2 fully saturated rings. The highest BCUT2D eigenvalue weighted by Gasteiger charge is 2.39. The van der Waals surface area contributed by atoms with Crippen molar-refractivity contribution in [2.24, 2.45) is 5.92 Å². The maximum atomic E-state index is 10.3. The largest absolute Gasteiger partial charge is 0.385 e. The Morgan fingerprint density at radius 1 is 1.36 bits per heavy atom. The molecule has 0 amide bonds. The summed E-state index contributed by atoms with van der Waals surface area (Å²) in [6, 6.07) is 0. The molecule has 1 aliphatic carbocycles. The minimum Gasteiger partial charge on any atom is -0.385 e. The predicted molar refractivity (Wildman–Crippen MR) is 58.2 cm³/mol. The molecule has 2 nitrogen and oxygen atoms in total. The summed E-state index contributed by atoms with van der Waals surface area (Å²) < 4.78 is 0.